The van der Waals surface area contributed by atoms with E-state index in [1.807, 2.05) is 24.3 Å². The summed E-state index contributed by atoms with van der Waals surface area (Å²) in [5.74, 6) is 0.785. The average molecular weight is 266 g/mol. The van der Waals surface area contributed by atoms with E-state index in [9.17, 15) is 4.79 Å². The molecule has 1 aromatic rings. The lowest BCUT2D eigenvalue weighted by Gasteiger charge is -2.07. The van der Waals surface area contributed by atoms with Crippen LogP contribution in [-0.2, 0) is 16.0 Å². The van der Waals surface area contributed by atoms with E-state index in [-0.39, 0.29) is 5.91 Å². The number of rotatable bonds is 9. The molecule has 5 heteroatoms. The molecule has 0 unspecified atom stereocenters. The van der Waals surface area contributed by atoms with Gasteiger partial charge in [0.05, 0.1) is 20.1 Å². The number of hydrogen-bond donors (Lipinski definition) is 2. The van der Waals surface area contributed by atoms with Gasteiger partial charge in [-0.25, -0.2) is 0 Å². The Bertz CT molecular complexity index is 383. The molecule has 0 aliphatic heterocycles. The Kier molecular flexibility index (Phi) is 7.62. The van der Waals surface area contributed by atoms with Gasteiger partial charge in [-0.1, -0.05) is 12.1 Å². The highest BCUT2D eigenvalue weighted by atomic mass is 16.5. The molecular weight excluding hydrogens is 244 g/mol. The van der Waals surface area contributed by atoms with Gasteiger partial charge in [-0.3, -0.25) is 4.79 Å². The first-order chi connectivity index (χ1) is 9.26. The molecule has 1 rings (SSSR count). The number of methoxy groups -OCH3 is 2. The Morgan fingerprint density at radius 2 is 2.05 bits per heavy atom. The van der Waals surface area contributed by atoms with E-state index in [1.54, 1.807) is 14.2 Å². The van der Waals surface area contributed by atoms with Crippen LogP contribution < -0.4 is 15.4 Å². The maximum Gasteiger partial charge on any atom is 0.224 e. The number of ether oxygens (including phenoxy) is 2. The first-order valence-corrected chi connectivity index (χ1v) is 6.35. The van der Waals surface area contributed by atoms with Crippen LogP contribution >= 0.6 is 0 Å². The van der Waals surface area contributed by atoms with Gasteiger partial charge in [-0.15, -0.1) is 0 Å². The Morgan fingerprint density at radius 1 is 1.21 bits per heavy atom. The molecule has 0 aliphatic carbocycles. The van der Waals surface area contributed by atoms with Crippen LogP contribution in [0.5, 0.6) is 5.75 Å². The van der Waals surface area contributed by atoms with E-state index in [4.69, 9.17) is 9.47 Å². The number of carbonyl (C=O) groups excluding carboxylic acids is 1. The van der Waals surface area contributed by atoms with Gasteiger partial charge in [0.2, 0.25) is 5.91 Å². The first-order valence-electron chi connectivity index (χ1n) is 6.35. The second-order valence-electron chi connectivity index (χ2n) is 4.12. The van der Waals surface area contributed by atoms with E-state index >= 15 is 0 Å². The lowest BCUT2D eigenvalue weighted by Crippen LogP contribution is -2.33. The first kappa shape index (κ1) is 15.5. The van der Waals surface area contributed by atoms with Crippen molar-refractivity contribution in [3.05, 3.63) is 29.8 Å². The molecule has 0 bridgehead atoms. The Labute approximate surface area is 114 Å². The number of benzene rings is 1. The molecular formula is C14H22N2O3. The van der Waals surface area contributed by atoms with E-state index in [0.717, 1.165) is 24.4 Å². The average Bonchev–Trinajstić information content (AvgIpc) is 2.43. The molecule has 0 saturated heterocycles. The van der Waals surface area contributed by atoms with Crippen molar-refractivity contribution in [2.24, 2.45) is 0 Å². The van der Waals surface area contributed by atoms with Crippen LogP contribution in [0, 0.1) is 0 Å². The minimum absolute atomic E-state index is 0.0156. The molecule has 0 saturated carbocycles. The molecule has 0 heterocycles. The zero-order valence-electron chi connectivity index (χ0n) is 11.6. The molecule has 5 nitrogen and oxygen atoms in total. The fourth-order valence-electron chi connectivity index (χ4n) is 1.62. The van der Waals surface area contributed by atoms with Crippen molar-refractivity contribution in [2.45, 2.75) is 6.42 Å². The van der Waals surface area contributed by atoms with Gasteiger partial charge < -0.3 is 20.1 Å². The summed E-state index contributed by atoms with van der Waals surface area (Å²) >= 11 is 0. The van der Waals surface area contributed by atoms with Crippen molar-refractivity contribution in [1.29, 1.82) is 0 Å². The lowest BCUT2D eigenvalue weighted by atomic mass is 10.1. The second kappa shape index (κ2) is 9.35. The predicted octanol–water partition coefficient (Wildman–Crippen LogP) is 0.590. The highest BCUT2D eigenvalue weighted by molar-refractivity contribution is 5.78. The second-order valence-corrected chi connectivity index (χ2v) is 4.12. The molecule has 19 heavy (non-hydrogen) atoms. The Morgan fingerprint density at radius 3 is 2.79 bits per heavy atom. The molecule has 0 aromatic heterocycles. The smallest absolute Gasteiger partial charge is 0.224 e. The monoisotopic (exact) mass is 266 g/mol. The van der Waals surface area contributed by atoms with Gasteiger partial charge in [0.25, 0.3) is 0 Å². The summed E-state index contributed by atoms with van der Waals surface area (Å²) in [6, 6.07) is 7.53. The largest absolute Gasteiger partial charge is 0.497 e. The fourth-order valence-corrected chi connectivity index (χ4v) is 1.62. The van der Waals surface area contributed by atoms with Crippen molar-refractivity contribution >= 4 is 5.91 Å². The molecule has 0 radical (unpaired) electrons. The third-order valence-electron chi connectivity index (χ3n) is 2.61. The number of nitrogens with one attached hydrogen (secondary N) is 2. The third-order valence-corrected chi connectivity index (χ3v) is 2.61. The van der Waals surface area contributed by atoms with Crippen LogP contribution in [0.4, 0.5) is 0 Å². The quantitative estimate of drug-likeness (QED) is 0.642. The van der Waals surface area contributed by atoms with E-state index in [0.29, 0.717) is 19.6 Å². The molecule has 2 N–H and O–H groups in total. The van der Waals surface area contributed by atoms with Crippen molar-refractivity contribution in [3.63, 3.8) is 0 Å². The summed E-state index contributed by atoms with van der Waals surface area (Å²) in [4.78, 5) is 11.7. The number of carbonyl (C=O) groups is 1. The maximum atomic E-state index is 11.7. The molecule has 0 spiro atoms. The van der Waals surface area contributed by atoms with Gasteiger partial charge in [0, 0.05) is 26.7 Å². The van der Waals surface area contributed by atoms with Gasteiger partial charge in [-0.05, 0) is 17.7 Å². The summed E-state index contributed by atoms with van der Waals surface area (Å²) in [7, 11) is 3.28. The molecule has 0 fully saturated rings. The summed E-state index contributed by atoms with van der Waals surface area (Å²) in [6.07, 6.45) is 0.370. The Balaban J connectivity index is 2.19. The summed E-state index contributed by atoms with van der Waals surface area (Å²) in [5.41, 5.74) is 0.948. The van der Waals surface area contributed by atoms with Crippen molar-refractivity contribution in [2.75, 3.05) is 40.5 Å². The van der Waals surface area contributed by atoms with Gasteiger partial charge in [0.1, 0.15) is 5.75 Å². The molecule has 0 aliphatic rings. The highest BCUT2D eigenvalue weighted by Crippen LogP contribution is 2.12. The predicted molar refractivity (Wildman–Crippen MR) is 74.5 cm³/mol. The van der Waals surface area contributed by atoms with E-state index < -0.39 is 0 Å². The van der Waals surface area contributed by atoms with Crippen LogP contribution in [0.3, 0.4) is 0 Å². The van der Waals surface area contributed by atoms with Gasteiger partial charge in [0.15, 0.2) is 0 Å². The minimum atomic E-state index is 0.0156. The maximum absolute atomic E-state index is 11.7. The van der Waals surface area contributed by atoms with E-state index in [2.05, 4.69) is 10.6 Å². The van der Waals surface area contributed by atoms with Gasteiger partial charge >= 0.3 is 0 Å². The van der Waals surface area contributed by atoms with Crippen LogP contribution in [0.25, 0.3) is 0 Å². The van der Waals surface area contributed by atoms with E-state index in [1.165, 1.54) is 0 Å². The lowest BCUT2D eigenvalue weighted by molar-refractivity contribution is -0.120. The van der Waals surface area contributed by atoms with Crippen LogP contribution in [0.15, 0.2) is 24.3 Å². The Hall–Kier alpha value is -1.59. The number of amides is 1. The molecule has 0 atom stereocenters. The minimum Gasteiger partial charge on any atom is -0.497 e. The number of hydrogen-bond acceptors (Lipinski definition) is 4. The van der Waals surface area contributed by atoms with Gasteiger partial charge in [-0.2, -0.15) is 0 Å². The summed E-state index contributed by atoms with van der Waals surface area (Å²) in [5, 5.41) is 6.03. The summed E-state index contributed by atoms with van der Waals surface area (Å²) < 4.78 is 10.0. The molecule has 1 amide bonds. The van der Waals surface area contributed by atoms with Crippen molar-refractivity contribution < 1.29 is 14.3 Å². The highest BCUT2D eigenvalue weighted by Gasteiger charge is 2.03. The zero-order valence-corrected chi connectivity index (χ0v) is 11.6. The van der Waals surface area contributed by atoms with Crippen LogP contribution in [-0.4, -0.2) is 46.4 Å². The summed E-state index contributed by atoms with van der Waals surface area (Å²) in [6.45, 7) is 2.83. The van der Waals surface area contributed by atoms with Crippen molar-refractivity contribution in [1.82, 2.24) is 10.6 Å². The molecule has 106 valence electrons. The normalized spacial score (nSPS) is 10.2. The topological polar surface area (TPSA) is 59.6 Å². The standard InChI is InChI=1S/C14H22N2O3/c1-18-9-8-15-6-7-16-14(17)11-12-4-3-5-13(10-12)19-2/h3-5,10,15H,6-9,11H2,1-2H3,(H,16,17). The molecule has 1 aromatic carbocycles. The third kappa shape index (κ3) is 6.79. The fraction of sp³-hybridized carbons (Fsp3) is 0.500. The van der Waals surface area contributed by atoms with Crippen molar-refractivity contribution in [3.8, 4) is 5.75 Å². The zero-order chi connectivity index (χ0) is 13.9. The van der Waals surface area contributed by atoms with Crippen LogP contribution in [0.2, 0.25) is 0 Å². The SMILES string of the molecule is COCCNCCNC(=O)Cc1cccc(OC)c1. The van der Waals surface area contributed by atoms with Crippen LogP contribution in [0.1, 0.15) is 5.56 Å².